The monoisotopic (exact) mass is 320 g/mol. The molecule has 1 unspecified atom stereocenters. The molecule has 0 aliphatic heterocycles. The van der Waals surface area contributed by atoms with E-state index in [2.05, 4.69) is 39.0 Å². The highest BCUT2D eigenvalue weighted by molar-refractivity contribution is 5.72. The molecular weight excluding hydrogens is 288 g/mol. The quantitative estimate of drug-likeness (QED) is 0.494. The van der Waals surface area contributed by atoms with Crippen molar-refractivity contribution in [2.24, 2.45) is 5.92 Å². The van der Waals surface area contributed by atoms with Crippen molar-refractivity contribution in [2.45, 2.75) is 65.7 Å². The first-order chi connectivity index (χ1) is 11.0. The lowest BCUT2D eigenvalue weighted by atomic mass is 9.87. The van der Waals surface area contributed by atoms with Gasteiger partial charge in [-0.1, -0.05) is 34.9 Å². The van der Waals surface area contributed by atoms with Gasteiger partial charge in [0.1, 0.15) is 6.61 Å². The summed E-state index contributed by atoms with van der Waals surface area (Å²) >= 11 is 0. The highest BCUT2D eigenvalue weighted by Gasteiger charge is 2.22. The first-order valence-electron chi connectivity index (χ1n) is 8.77. The topological polar surface area (TPSA) is 46.5 Å². The van der Waals surface area contributed by atoms with Crippen molar-refractivity contribution in [2.75, 3.05) is 13.2 Å². The van der Waals surface area contributed by atoms with Crippen LogP contribution >= 0.6 is 0 Å². The van der Waals surface area contributed by atoms with Crippen LogP contribution in [-0.4, -0.2) is 24.3 Å². The summed E-state index contributed by atoms with van der Waals surface area (Å²) in [6.45, 7) is 6.51. The number of carbonyl (C=O) groups is 1. The van der Waals surface area contributed by atoms with E-state index < -0.39 is 0 Å². The number of esters is 1. The molecular formula is C20H32O3. The third kappa shape index (κ3) is 8.75. The van der Waals surface area contributed by atoms with Crippen LogP contribution in [0.3, 0.4) is 0 Å². The van der Waals surface area contributed by atoms with E-state index in [-0.39, 0.29) is 25.1 Å². The van der Waals surface area contributed by atoms with Crippen LogP contribution in [0, 0.1) is 5.92 Å². The molecule has 0 spiro atoms. The second-order valence-corrected chi connectivity index (χ2v) is 6.63. The smallest absolute Gasteiger partial charge is 0.309 e. The maximum absolute atomic E-state index is 11.7. The van der Waals surface area contributed by atoms with E-state index in [4.69, 9.17) is 9.84 Å². The van der Waals surface area contributed by atoms with Crippen molar-refractivity contribution >= 4 is 5.97 Å². The van der Waals surface area contributed by atoms with Crippen LogP contribution in [0.1, 0.15) is 65.7 Å². The zero-order valence-electron chi connectivity index (χ0n) is 14.9. The largest absolute Gasteiger partial charge is 0.463 e. The van der Waals surface area contributed by atoms with Crippen LogP contribution in [-0.2, 0) is 9.53 Å². The van der Waals surface area contributed by atoms with Crippen molar-refractivity contribution in [3.63, 3.8) is 0 Å². The summed E-state index contributed by atoms with van der Waals surface area (Å²) in [5.41, 5.74) is 4.31. The Labute approximate surface area is 141 Å². The fourth-order valence-electron chi connectivity index (χ4n) is 2.79. The van der Waals surface area contributed by atoms with Crippen LogP contribution in [0.25, 0.3) is 0 Å². The molecule has 0 heterocycles. The number of rotatable bonds is 9. The fraction of sp³-hybridized carbons (Fsp3) is 0.650. The molecule has 0 radical (unpaired) electrons. The van der Waals surface area contributed by atoms with Gasteiger partial charge in [0.05, 0.1) is 12.5 Å². The molecule has 1 aliphatic carbocycles. The zero-order chi connectivity index (χ0) is 17.1. The molecule has 23 heavy (non-hydrogen) atoms. The second-order valence-electron chi connectivity index (χ2n) is 6.63. The van der Waals surface area contributed by atoms with Gasteiger partial charge in [-0.05, 0) is 65.7 Å². The lowest BCUT2D eigenvalue weighted by Gasteiger charge is -2.20. The number of allylic oxidation sites excluding steroid dienone is 6. The first kappa shape index (κ1) is 19.7. The summed E-state index contributed by atoms with van der Waals surface area (Å²) in [4.78, 5) is 11.7. The Hall–Kier alpha value is -1.35. The highest BCUT2D eigenvalue weighted by Crippen LogP contribution is 2.27. The van der Waals surface area contributed by atoms with Crippen LogP contribution in [0.5, 0.6) is 0 Å². The molecule has 0 aromatic heterocycles. The van der Waals surface area contributed by atoms with Gasteiger partial charge in [0, 0.05) is 0 Å². The van der Waals surface area contributed by atoms with Gasteiger partial charge in [0.25, 0.3) is 0 Å². The van der Waals surface area contributed by atoms with Crippen molar-refractivity contribution in [1.82, 2.24) is 0 Å². The molecule has 1 atom stereocenters. The van der Waals surface area contributed by atoms with Gasteiger partial charge >= 0.3 is 5.97 Å². The van der Waals surface area contributed by atoms with E-state index in [1.807, 2.05) is 0 Å². The van der Waals surface area contributed by atoms with Crippen molar-refractivity contribution < 1.29 is 14.6 Å². The zero-order valence-corrected chi connectivity index (χ0v) is 14.9. The molecule has 1 N–H and O–H groups in total. The summed E-state index contributed by atoms with van der Waals surface area (Å²) in [6.07, 6.45) is 13.9. The minimum absolute atomic E-state index is 0.0216. The number of aliphatic hydroxyl groups is 1. The number of carbonyl (C=O) groups excluding carboxylic acids is 1. The molecule has 130 valence electrons. The summed E-state index contributed by atoms with van der Waals surface area (Å²) in [7, 11) is 0. The van der Waals surface area contributed by atoms with Crippen molar-refractivity contribution in [1.29, 1.82) is 0 Å². The second kappa shape index (κ2) is 11.2. The minimum atomic E-state index is -0.163. The van der Waals surface area contributed by atoms with Crippen LogP contribution in [0.4, 0.5) is 0 Å². The highest BCUT2D eigenvalue weighted by atomic mass is 16.5. The average molecular weight is 320 g/mol. The summed E-state index contributed by atoms with van der Waals surface area (Å²) in [6, 6.07) is 0. The Morgan fingerprint density at radius 1 is 1.30 bits per heavy atom. The Morgan fingerprint density at radius 2 is 2.09 bits per heavy atom. The Kier molecular flexibility index (Phi) is 9.61. The number of hydrogen-bond acceptors (Lipinski definition) is 3. The molecule has 0 aromatic carbocycles. The first-order valence-corrected chi connectivity index (χ1v) is 8.77. The third-order valence-electron chi connectivity index (χ3n) is 4.22. The molecule has 0 amide bonds. The van der Waals surface area contributed by atoms with Crippen LogP contribution in [0.2, 0.25) is 0 Å². The Morgan fingerprint density at radius 3 is 2.70 bits per heavy atom. The average Bonchev–Trinajstić information content (AvgIpc) is 2.53. The van der Waals surface area contributed by atoms with E-state index in [1.165, 1.54) is 16.7 Å². The molecule has 0 saturated carbocycles. The van der Waals surface area contributed by atoms with Gasteiger partial charge in [-0.2, -0.15) is 0 Å². The fourth-order valence-corrected chi connectivity index (χ4v) is 2.79. The van der Waals surface area contributed by atoms with E-state index in [1.54, 1.807) is 0 Å². The van der Waals surface area contributed by atoms with Gasteiger partial charge in [-0.15, -0.1) is 0 Å². The van der Waals surface area contributed by atoms with Gasteiger partial charge < -0.3 is 9.84 Å². The van der Waals surface area contributed by atoms with Crippen LogP contribution < -0.4 is 0 Å². The molecule has 0 bridgehead atoms. The van der Waals surface area contributed by atoms with E-state index in [9.17, 15) is 4.79 Å². The number of aliphatic hydroxyl groups excluding tert-OH is 1. The number of ether oxygens (including phenoxy) is 1. The normalized spacial score (nSPS) is 18.3. The summed E-state index contributed by atoms with van der Waals surface area (Å²) in [5.74, 6) is -0.184. The maximum Gasteiger partial charge on any atom is 0.309 e. The van der Waals surface area contributed by atoms with Crippen LogP contribution in [0.15, 0.2) is 34.9 Å². The maximum atomic E-state index is 11.7. The Balaban J connectivity index is 2.27. The molecule has 3 heteroatoms. The van der Waals surface area contributed by atoms with E-state index in [0.717, 1.165) is 44.9 Å². The summed E-state index contributed by atoms with van der Waals surface area (Å²) in [5, 5.41) is 8.68. The van der Waals surface area contributed by atoms with Gasteiger partial charge in [0.15, 0.2) is 0 Å². The molecule has 3 nitrogen and oxygen atoms in total. The van der Waals surface area contributed by atoms with E-state index >= 15 is 0 Å². The van der Waals surface area contributed by atoms with Crippen molar-refractivity contribution in [3.8, 4) is 0 Å². The molecule has 0 fully saturated rings. The molecule has 1 aliphatic rings. The van der Waals surface area contributed by atoms with Gasteiger partial charge in [0.2, 0.25) is 0 Å². The Bertz CT molecular complexity index is 454. The molecule has 1 rings (SSSR count). The summed E-state index contributed by atoms with van der Waals surface area (Å²) < 4.78 is 5.00. The number of hydrogen-bond donors (Lipinski definition) is 1. The standard InChI is InChI=1S/C20H32O3/c1-16(2)6-4-7-17(3)8-5-9-18-10-12-19(13-11-18)20(22)23-15-14-21/h6,8,10,19,21H,4-5,7,9,11-15H2,1-3H3/b17-8+. The predicted octanol–water partition coefficient (Wildman–Crippen LogP) is 4.72. The van der Waals surface area contributed by atoms with E-state index in [0.29, 0.717) is 0 Å². The van der Waals surface area contributed by atoms with Crippen molar-refractivity contribution in [3.05, 3.63) is 34.9 Å². The lowest BCUT2D eigenvalue weighted by Crippen LogP contribution is -2.21. The van der Waals surface area contributed by atoms with Gasteiger partial charge in [-0.25, -0.2) is 0 Å². The minimum Gasteiger partial charge on any atom is -0.463 e. The SMILES string of the molecule is CC(C)=CCC/C(C)=C/CCC1=CCC(C(=O)OCCO)CC1. The lowest BCUT2D eigenvalue weighted by molar-refractivity contribution is -0.149. The third-order valence-corrected chi connectivity index (χ3v) is 4.22. The molecule has 0 aromatic rings. The predicted molar refractivity (Wildman–Crippen MR) is 95.1 cm³/mol. The van der Waals surface area contributed by atoms with Gasteiger partial charge in [-0.3, -0.25) is 4.79 Å². The molecule has 0 saturated heterocycles.